The van der Waals surface area contributed by atoms with E-state index in [9.17, 15) is 9.18 Å². The number of hydrogen-bond acceptors (Lipinski definition) is 3. The SMILES string of the molecule is CCOC(=O)c1cccc(NC(=S)Nc2cc(F)ccc2C)c1. The number of thiocarbonyl (C=S) groups is 1. The Morgan fingerprint density at radius 3 is 2.74 bits per heavy atom. The van der Waals surface area contributed by atoms with E-state index < -0.39 is 5.97 Å². The van der Waals surface area contributed by atoms with Crippen molar-refractivity contribution >= 4 is 34.7 Å². The van der Waals surface area contributed by atoms with Gasteiger partial charge in [-0.2, -0.15) is 0 Å². The van der Waals surface area contributed by atoms with E-state index in [0.29, 0.717) is 28.7 Å². The Balaban J connectivity index is 2.07. The predicted octanol–water partition coefficient (Wildman–Crippen LogP) is 4.12. The summed E-state index contributed by atoms with van der Waals surface area (Å²) in [5.74, 6) is -0.735. The van der Waals surface area contributed by atoms with Crippen molar-refractivity contribution in [3.63, 3.8) is 0 Å². The summed E-state index contributed by atoms with van der Waals surface area (Å²) in [5, 5.41) is 6.21. The summed E-state index contributed by atoms with van der Waals surface area (Å²) in [6.45, 7) is 3.92. The highest BCUT2D eigenvalue weighted by Gasteiger charge is 2.08. The molecule has 0 spiro atoms. The summed E-state index contributed by atoms with van der Waals surface area (Å²) < 4.78 is 18.2. The Kier molecular flexibility index (Phi) is 5.65. The molecule has 120 valence electrons. The van der Waals surface area contributed by atoms with Crippen LogP contribution in [0.2, 0.25) is 0 Å². The molecule has 0 unspecified atom stereocenters. The molecule has 0 heterocycles. The second-order valence-corrected chi connectivity index (χ2v) is 5.25. The first kappa shape index (κ1) is 16.9. The molecule has 6 heteroatoms. The topological polar surface area (TPSA) is 50.4 Å². The zero-order chi connectivity index (χ0) is 16.8. The van der Waals surface area contributed by atoms with Crippen LogP contribution in [0.5, 0.6) is 0 Å². The third-order valence-corrected chi connectivity index (χ3v) is 3.28. The van der Waals surface area contributed by atoms with Crippen LogP contribution in [0, 0.1) is 12.7 Å². The highest BCUT2D eigenvalue weighted by molar-refractivity contribution is 7.80. The molecule has 2 rings (SSSR count). The summed E-state index contributed by atoms with van der Waals surface area (Å²) >= 11 is 5.22. The third-order valence-electron chi connectivity index (χ3n) is 3.08. The third kappa shape index (κ3) is 4.75. The molecule has 2 aromatic carbocycles. The van der Waals surface area contributed by atoms with Crippen LogP contribution in [0.15, 0.2) is 42.5 Å². The maximum Gasteiger partial charge on any atom is 0.338 e. The van der Waals surface area contributed by atoms with Crippen molar-refractivity contribution in [1.29, 1.82) is 0 Å². The Hall–Kier alpha value is -2.47. The normalized spacial score (nSPS) is 10.0. The van der Waals surface area contributed by atoms with Crippen molar-refractivity contribution < 1.29 is 13.9 Å². The van der Waals surface area contributed by atoms with Gasteiger partial charge in [0.1, 0.15) is 5.82 Å². The molecule has 0 aliphatic rings. The van der Waals surface area contributed by atoms with Gasteiger partial charge in [-0.15, -0.1) is 0 Å². The molecule has 0 atom stereocenters. The number of aryl methyl sites for hydroxylation is 1. The molecule has 0 aliphatic heterocycles. The van der Waals surface area contributed by atoms with Crippen molar-refractivity contribution in [2.45, 2.75) is 13.8 Å². The van der Waals surface area contributed by atoms with Gasteiger partial charge in [0.25, 0.3) is 0 Å². The molecule has 0 saturated heterocycles. The average molecular weight is 332 g/mol. The summed E-state index contributed by atoms with van der Waals surface area (Å²) in [7, 11) is 0. The smallest absolute Gasteiger partial charge is 0.338 e. The van der Waals surface area contributed by atoms with Crippen molar-refractivity contribution in [2.75, 3.05) is 17.2 Å². The fourth-order valence-electron chi connectivity index (χ4n) is 1.95. The lowest BCUT2D eigenvalue weighted by molar-refractivity contribution is 0.0526. The van der Waals surface area contributed by atoms with E-state index in [-0.39, 0.29) is 5.82 Å². The molecule has 0 radical (unpaired) electrons. The van der Waals surface area contributed by atoms with Crippen LogP contribution in [0.1, 0.15) is 22.8 Å². The van der Waals surface area contributed by atoms with E-state index in [0.717, 1.165) is 5.56 Å². The van der Waals surface area contributed by atoms with Gasteiger partial charge < -0.3 is 15.4 Å². The molecule has 0 aliphatic carbocycles. The van der Waals surface area contributed by atoms with E-state index in [1.54, 1.807) is 37.3 Å². The Labute approximate surface area is 139 Å². The van der Waals surface area contributed by atoms with Crippen LogP contribution in [0.4, 0.5) is 15.8 Å². The van der Waals surface area contributed by atoms with Gasteiger partial charge in [-0.3, -0.25) is 0 Å². The molecule has 0 aromatic heterocycles. The molecule has 2 N–H and O–H groups in total. The zero-order valence-electron chi connectivity index (χ0n) is 12.9. The number of anilines is 2. The van der Waals surface area contributed by atoms with Crippen LogP contribution in [0.3, 0.4) is 0 Å². The number of esters is 1. The van der Waals surface area contributed by atoms with E-state index >= 15 is 0 Å². The molecule has 0 bridgehead atoms. The molecular formula is C17H17FN2O2S. The molecule has 2 aromatic rings. The second kappa shape index (κ2) is 7.69. The Morgan fingerprint density at radius 1 is 1.22 bits per heavy atom. The zero-order valence-corrected chi connectivity index (χ0v) is 13.7. The number of benzene rings is 2. The lowest BCUT2D eigenvalue weighted by Crippen LogP contribution is -2.20. The predicted molar refractivity (Wildman–Crippen MR) is 93.4 cm³/mol. The van der Waals surface area contributed by atoms with Gasteiger partial charge >= 0.3 is 5.97 Å². The van der Waals surface area contributed by atoms with Crippen molar-refractivity contribution in [2.24, 2.45) is 0 Å². The van der Waals surface area contributed by atoms with Gasteiger partial charge in [0, 0.05) is 11.4 Å². The molecule has 0 saturated carbocycles. The van der Waals surface area contributed by atoms with E-state index in [1.807, 2.05) is 6.92 Å². The minimum Gasteiger partial charge on any atom is -0.462 e. The van der Waals surface area contributed by atoms with Crippen LogP contribution in [0.25, 0.3) is 0 Å². The Morgan fingerprint density at radius 2 is 2.00 bits per heavy atom. The highest BCUT2D eigenvalue weighted by Crippen LogP contribution is 2.17. The first-order valence-corrected chi connectivity index (χ1v) is 7.51. The highest BCUT2D eigenvalue weighted by atomic mass is 32.1. The van der Waals surface area contributed by atoms with Gasteiger partial charge in [0.2, 0.25) is 0 Å². The lowest BCUT2D eigenvalue weighted by Gasteiger charge is -2.13. The standard InChI is InChI=1S/C17H17FN2O2S/c1-3-22-16(21)12-5-4-6-14(9-12)19-17(23)20-15-10-13(18)8-7-11(15)2/h4-10H,3H2,1-2H3,(H2,19,20,23). The molecule has 4 nitrogen and oxygen atoms in total. The number of carbonyl (C=O) groups excluding carboxylic acids is 1. The number of carbonyl (C=O) groups is 1. The van der Waals surface area contributed by atoms with Crippen LogP contribution in [-0.4, -0.2) is 17.7 Å². The number of ether oxygens (including phenoxy) is 1. The fourth-order valence-corrected chi connectivity index (χ4v) is 2.18. The van der Waals surface area contributed by atoms with Gasteiger partial charge in [-0.05, 0) is 62.0 Å². The van der Waals surface area contributed by atoms with Gasteiger partial charge in [-0.25, -0.2) is 9.18 Å². The van der Waals surface area contributed by atoms with Gasteiger partial charge in [-0.1, -0.05) is 12.1 Å². The van der Waals surface area contributed by atoms with E-state index in [2.05, 4.69) is 10.6 Å². The molecule has 0 amide bonds. The quantitative estimate of drug-likeness (QED) is 0.651. The lowest BCUT2D eigenvalue weighted by atomic mass is 10.2. The summed E-state index contributed by atoms with van der Waals surface area (Å²) in [6.07, 6.45) is 0. The van der Waals surface area contributed by atoms with Gasteiger partial charge in [0.15, 0.2) is 5.11 Å². The minimum atomic E-state index is -0.393. The van der Waals surface area contributed by atoms with Crippen LogP contribution in [-0.2, 0) is 4.74 Å². The average Bonchev–Trinajstić information content (AvgIpc) is 2.51. The van der Waals surface area contributed by atoms with Crippen molar-refractivity contribution in [3.8, 4) is 0 Å². The van der Waals surface area contributed by atoms with Gasteiger partial charge in [0.05, 0.1) is 12.2 Å². The number of rotatable bonds is 4. The van der Waals surface area contributed by atoms with Crippen molar-refractivity contribution in [1.82, 2.24) is 0 Å². The summed E-state index contributed by atoms with van der Waals surface area (Å²) in [5.41, 5.74) is 2.53. The van der Waals surface area contributed by atoms with E-state index in [4.69, 9.17) is 17.0 Å². The van der Waals surface area contributed by atoms with Crippen molar-refractivity contribution in [3.05, 3.63) is 59.4 Å². The number of halogens is 1. The largest absolute Gasteiger partial charge is 0.462 e. The summed E-state index contributed by atoms with van der Waals surface area (Å²) in [6, 6.07) is 11.2. The number of hydrogen-bond donors (Lipinski definition) is 2. The van der Waals surface area contributed by atoms with Crippen LogP contribution >= 0.6 is 12.2 Å². The number of nitrogens with one attached hydrogen (secondary N) is 2. The Bertz CT molecular complexity index is 734. The first-order valence-electron chi connectivity index (χ1n) is 7.11. The molecule has 0 fully saturated rings. The fraction of sp³-hybridized carbons (Fsp3) is 0.176. The maximum atomic E-state index is 13.3. The van der Waals surface area contributed by atoms with E-state index in [1.165, 1.54) is 12.1 Å². The first-order chi connectivity index (χ1) is 11.0. The minimum absolute atomic E-state index is 0.305. The monoisotopic (exact) mass is 332 g/mol. The van der Waals surface area contributed by atoms with Crippen LogP contribution < -0.4 is 10.6 Å². The molecular weight excluding hydrogens is 315 g/mol. The second-order valence-electron chi connectivity index (χ2n) is 4.84. The molecule has 23 heavy (non-hydrogen) atoms. The summed E-state index contributed by atoms with van der Waals surface area (Å²) in [4.78, 5) is 11.7. The maximum absolute atomic E-state index is 13.3.